The first-order chi connectivity index (χ1) is 10.2. The van der Waals surface area contributed by atoms with Gasteiger partial charge in [-0.15, -0.1) is 0 Å². The number of fused-ring (bicyclic) bond motifs is 1. The maximum absolute atomic E-state index is 5.68. The van der Waals surface area contributed by atoms with Crippen LogP contribution < -0.4 is 11.1 Å². The van der Waals surface area contributed by atoms with Crippen molar-refractivity contribution in [3.8, 4) is 0 Å². The van der Waals surface area contributed by atoms with Gasteiger partial charge in [-0.1, -0.05) is 24.3 Å². The highest BCUT2D eigenvalue weighted by atomic mass is 15.1. The molecule has 3 rings (SSSR count). The number of para-hydroxylation sites is 2. The van der Waals surface area contributed by atoms with Gasteiger partial charge in [0.2, 0.25) is 0 Å². The van der Waals surface area contributed by atoms with E-state index in [2.05, 4.69) is 46.2 Å². The van der Waals surface area contributed by atoms with Crippen LogP contribution in [0.25, 0.3) is 11.0 Å². The van der Waals surface area contributed by atoms with Gasteiger partial charge in [0.15, 0.2) is 0 Å². The first-order valence-corrected chi connectivity index (χ1v) is 7.19. The smallest absolute Gasteiger partial charge is 0.110 e. The molecule has 0 aliphatic heterocycles. The Labute approximate surface area is 124 Å². The Morgan fingerprint density at radius 2 is 1.86 bits per heavy atom. The van der Waals surface area contributed by atoms with Crippen LogP contribution in [0.15, 0.2) is 48.5 Å². The molecule has 1 aromatic heterocycles. The predicted molar refractivity (Wildman–Crippen MR) is 87.0 cm³/mol. The van der Waals surface area contributed by atoms with E-state index in [1.54, 1.807) is 0 Å². The summed E-state index contributed by atoms with van der Waals surface area (Å²) < 4.78 is 2.17. The second-order valence-electron chi connectivity index (χ2n) is 5.24. The molecule has 0 unspecified atom stereocenters. The van der Waals surface area contributed by atoms with Crippen LogP contribution in [-0.2, 0) is 20.0 Å². The monoisotopic (exact) mass is 280 g/mol. The van der Waals surface area contributed by atoms with Crippen molar-refractivity contribution in [3.63, 3.8) is 0 Å². The molecule has 0 saturated heterocycles. The number of benzene rings is 2. The highest BCUT2D eigenvalue weighted by Gasteiger charge is 2.06. The highest BCUT2D eigenvalue weighted by Crippen LogP contribution is 2.14. The molecule has 3 N–H and O–H groups in total. The zero-order valence-electron chi connectivity index (χ0n) is 12.2. The van der Waals surface area contributed by atoms with Crippen LogP contribution in [0.4, 0.5) is 5.69 Å². The first-order valence-electron chi connectivity index (χ1n) is 7.19. The van der Waals surface area contributed by atoms with Gasteiger partial charge in [-0.2, -0.15) is 0 Å². The molecule has 0 atom stereocenters. The third-order valence-corrected chi connectivity index (χ3v) is 3.71. The zero-order chi connectivity index (χ0) is 14.7. The van der Waals surface area contributed by atoms with Crippen molar-refractivity contribution in [2.45, 2.75) is 13.0 Å². The topological polar surface area (TPSA) is 55.9 Å². The van der Waals surface area contributed by atoms with Crippen molar-refractivity contribution < 1.29 is 0 Å². The Hall–Kier alpha value is -2.33. The lowest BCUT2D eigenvalue weighted by molar-refractivity contribution is 0.658. The van der Waals surface area contributed by atoms with E-state index < -0.39 is 0 Å². The third kappa shape index (κ3) is 3.06. The van der Waals surface area contributed by atoms with Crippen molar-refractivity contribution in [2.75, 3.05) is 12.3 Å². The normalized spacial score (nSPS) is 11.1. The first kappa shape index (κ1) is 13.6. The average Bonchev–Trinajstić information content (AvgIpc) is 2.82. The Balaban J connectivity index is 1.57. The minimum absolute atomic E-state index is 0.804. The van der Waals surface area contributed by atoms with E-state index in [9.17, 15) is 0 Å². The summed E-state index contributed by atoms with van der Waals surface area (Å²) in [5.41, 5.74) is 9.98. The summed E-state index contributed by atoms with van der Waals surface area (Å²) in [6.07, 6.45) is 0.917. The molecule has 1 heterocycles. The minimum atomic E-state index is 0.804. The number of aromatic nitrogens is 2. The van der Waals surface area contributed by atoms with E-state index in [-0.39, 0.29) is 0 Å². The molecule has 0 bridgehead atoms. The zero-order valence-corrected chi connectivity index (χ0v) is 12.2. The van der Waals surface area contributed by atoms with E-state index in [4.69, 9.17) is 5.73 Å². The second-order valence-corrected chi connectivity index (χ2v) is 5.24. The van der Waals surface area contributed by atoms with E-state index in [1.807, 2.05) is 24.3 Å². The summed E-state index contributed by atoms with van der Waals surface area (Å²) >= 11 is 0. The molecule has 2 aromatic carbocycles. The van der Waals surface area contributed by atoms with Gasteiger partial charge in [0.1, 0.15) is 5.82 Å². The van der Waals surface area contributed by atoms with Gasteiger partial charge in [0.25, 0.3) is 0 Å². The van der Waals surface area contributed by atoms with E-state index in [0.29, 0.717) is 0 Å². The van der Waals surface area contributed by atoms with E-state index in [1.165, 1.54) is 11.1 Å². The summed E-state index contributed by atoms with van der Waals surface area (Å²) in [6, 6.07) is 16.2. The van der Waals surface area contributed by atoms with E-state index in [0.717, 1.165) is 36.5 Å². The Morgan fingerprint density at radius 3 is 2.62 bits per heavy atom. The molecular formula is C17H20N4. The molecule has 21 heavy (non-hydrogen) atoms. The summed E-state index contributed by atoms with van der Waals surface area (Å²) in [4.78, 5) is 4.67. The molecule has 0 spiro atoms. The minimum Gasteiger partial charge on any atom is -0.399 e. The van der Waals surface area contributed by atoms with Gasteiger partial charge in [-0.25, -0.2) is 4.98 Å². The van der Waals surface area contributed by atoms with Crippen LogP contribution >= 0.6 is 0 Å². The Morgan fingerprint density at radius 1 is 1.10 bits per heavy atom. The fourth-order valence-electron chi connectivity index (χ4n) is 2.49. The van der Waals surface area contributed by atoms with Crippen molar-refractivity contribution >= 4 is 16.7 Å². The van der Waals surface area contributed by atoms with Crippen LogP contribution in [-0.4, -0.2) is 16.1 Å². The molecule has 0 fully saturated rings. The van der Waals surface area contributed by atoms with Crippen LogP contribution in [0, 0.1) is 0 Å². The van der Waals surface area contributed by atoms with Crippen molar-refractivity contribution in [2.24, 2.45) is 7.05 Å². The summed E-state index contributed by atoms with van der Waals surface area (Å²) in [5.74, 6) is 1.11. The standard InChI is InChI=1S/C17H20N4/c1-21-16-5-3-2-4-15(16)20-17(21)10-11-19-12-13-6-8-14(18)9-7-13/h2-9,19H,10-12,18H2,1H3. The molecule has 3 aromatic rings. The van der Waals surface area contributed by atoms with Gasteiger partial charge in [0, 0.05) is 32.2 Å². The highest BCUT2D eigenvalue weighted by molar-refractivity contribution is 5.75. The number of rotatable bonds is 5. The van der Waals surface area contributed by atoms with Gasteiger partial charge in [0.05, 0.1) is 11.0 Å². The summed E-state index contributed by atoms with van der Waals surface area (Å²) in [5, 5.41) is 3.45. The van der Waals surface area contributed by atoms with E-state index >= 15 is 0 Å². The lowest BCUT2D eigenvalue weighted by Gasteiger charge is -2.06. The van der Waals surface area contributed by atoms with Crippen LogP contribution in [0.5, 0.6) is 0 Å². The average molecular weight is 280 g/mol. The number of hydrogen-bond acceptors (Lipinski definition) is 3. The largest absolute Gasteiger partial charge is 0.399 e. The van der Waals surface area contributed by atoms with Crippen molar-refractivity contribution in [1.82, 2.24) is 14.9 Å². The van der Waals surface area contributed by atoms with Gasteiger partial charge in [-0.05, 0) is 29.8 Å². The SMILES string of the molecule is Cn1c(CCNCc2ccc(N)cc2)nc2ccccc21. The number of nitrogens with zero attached hydrogens (tertiary/aromatic N) is 2. The molecule has 4 heteroatoms. The fraction of sp³-hybridized carbons (Fsp3) is 0.235. The molecule has 4 nitrogen and oxygen atoms in total. The molecule has 0 amide bonds. The van der Waals surface area contributed by atoms with Crippen LogP contribution in [0.3, 0.4) is 0 Å². The fourth-order valence-corrected chi connectivity index (χ4v) is 2.49. The third-order valence-electron chi connectivity index (χ3n) is 3.71. The molecule has 0 radical (unpaired) electrons. The maximum atomic E-state index is 5.68. The second kappa shape index (κ2) is 5.97. The lowest BCUT2D eigenvalue weighted by atomic mass is 10.2. The molecule has 0 saturated carbocycles. The quantitative estimate of drug-likeness (QED) is 0.557. The van der Waals surface area contributed by atoms with Gasteiger partial charge >= 0.3 is 0 Å². The molecular weight excluding hydrogens is 260 g/mol. The number of imidazole rings is 1. The predicted octanol–water partition coefficient (Wildman–Crippen LogP) is 2.49. The lowest BCUT2D eigenvalue weighted by Crippen LogP contribution is -2.18. The Bertz CT molecular complexity index is 728. The number of nitrogens with one attached hydrogen (secondary N) is 1. The van der Waals surface area contributed by atoms with Crippen LogP contribution in [0.1, 0.15) is 11.4 Å². The maximum Gasteiger partial charge on any atom is 0.110 e. The van der Waals surface area contributed by atoms with Gasteiger partial charge in [-0.3, -0.25) is 0 Å². The number of nitrogen functional groups attached to an aromatic ring is 1. The van der Waals surface area contributed by atoms with Crippen LogP contribution in [0.2, 0.25) is 0 Å². The van der Waals surface area contributed by atoms with Crippen molar-refractivity contribution in [1.29, 1.82) is 0 Å². The van der Waals surface area contributed by atoms with Gasteiger partial charge < -0.3 is 15.6 Å². The summed E-state index contributed by atoms with van der Waals surface area (Å²) in [6.45, 7) is 1.76. The summed E-state index contributed by atoms with van der Waals surface area (Å²) in [7, 11) is 2.07. The van der Waals surface area contributed by atoms with Crippen molar-refractivity contribution in [3.05, 3.63) is 59.9 Å². The Kier molecular flexibility index (Phi) is 3.88. The number of anilines is 1. The molecule has 0 aliphatic carbocycles. The molecule has 108 valence electrons. The number of aryl methyl sites for hydroxylation is 1. The number of hydrogen-bond donors (Lipinski definition) is 2. The number of nitrogens with two attached hydrogens (primary N) is 1. The molecule has 0 aliphatic rings.